The summed E-state index contributed by atoms with van der Waals surface area (Å²) in [7, 11) is 0. The van der Waals surface area contributed by atoms with Gasteiger partial charge in [0.2, 0.25) is 6.41 Å². The molecule has 0 saturated heterocycles. The highest BCUT2D eigenvalue weighted by molar-refractivity contribution is 8.00. The van der Waals surface area contributed by atoms with E-state index in [0.717, 1.165) is 0 Å². The molecule has 8 heteroatoms. The largest absolute Gasteiger partial charge is 0.480 e. The average molecular weight is 293 g/mol. The van der Waals surface area contributed by atoms with Crippen LogP contribution in [0.2, 0.25) is 0 Å². The highest BCUT2D eigenvalue weighted by atomic mass is 32.2. The summed E-state index contributed by atoms with van der Waals surface area (Å²) in [6.45, 7) is 0. The van der Waals surface area contributed by atoms with Crippen LogP contribution in [0.25, 0.3) is 0 Å². The third kappa shape index (κ3) is 5.64. The molecule has 0 radical (unpaired) electrons. The first-order valence-corrected chi connectivity index (χ1v) is 5.90. The molecule has 0 aliphatic rings. The van der Waals surface area contributed by atoms with Gasteiger partial charge < -0.3 is 10.4 Å². The lowest BCUT2D eigenvalue weighted by Gasteiger charge is -2.11. The van der Waals surface area contributed by atoms with E-state index in [1.165, 1.54) is 24.3 Å². The van der Waals surface area contributed by atoms with Crippen LogP contribution in [-0.2, 0) is 16.0 Å². The molecule has 1 rings (SSSR count). The Bertz CT molecular complexity index is 447. The maximum atomic E-state index is 12.1. The molecule has 0 aromatic heterocycles. The minimum atomic E-state index is -4.36. The molecule has 0 spiro atoms. The summed E-state index contributed by atoms with van der Waals surface area (Å²) in [6, 6.07) is 4.21. The van der Waals surface area contributed by atoms with E-state index in [1.54, 1.807) is 0 Å². The normalized spacial score (nSPS) is 12.8. The molecular weight excluding hydrogens is 283 g/mol. The van der Waals surface area contributed by atoms with Gasteiger partial charge in [-0.3, -0.25) is 4.79 Å². The van der Waals surface area contributed by atoms with Crippen LogP contribution in [0.1, 0.15) is 5.56 Å². The first kappa shape index (κ1) is 15.4. The molecule has 1 atom stereocenters. The predicted octanol–water partition coefficient (Wildman–Crippen LogP) is 2.04. The Labute approximate surface area is 111 Å². The van der Waals surface area contributed by atoms with Crippen molar-refractivity contribution in [3.05, 3.63) is 29.8 Å². The number of hydrogen-bond donors (Lipinski definition) is 2. The molecule has 19 heavy (non-hydrogen) atoms. The van der Waals surface area contributed by atoms with Gasteiger partial charge in [-0.05, 0) is 29.5 Å². The molecule has 1 amide bonds. The van der Waals surface area contributed by atoms with Crippen molar-refractivity contribution in [2.24, 2.45) is 0 Å². The summed E-state index contributed by atoms with van der Waals surface area (Å²) in [5.41, 5.74) is -3.84. The second kappa shape index (κ2) is 6.46. The maximum Gasteiger partial charge on any atom is 0.446 e. The van der Waals surface area contributed by atoms with E-state index >= 15 is 0 Å². The van der Waals surface area contributed by atoms with E-state index in [9.17, 15) is 22.8 Å². The van der Waals surface area contributed by atoms with Gasteiger partial charge in [0.05, 0.1) is 0 Å². The number of carbonyl (C=O) groups is 2. The van der Waals surface area contributed by atoms with Crippen molar-refractivity contribution in [1.29, 1.82) is 0 Å². The monoisotopic (exact) mass is 293 g/mol. The number of hydrogen-bond acceptors (Lipinski definition) is 3. The zero-order valence-corrected chi connectivity index (χ0v) is 10.3. The van der Waals surface area contributed by atoms with E-state index in [2.05, 4.69) is 5.32 Å². The summed E-state index contributed by atoms with van der Waals surface area (Å²) in [6.07, 6.45) is 0.275. The molecule has 0 bridgehead atoms. The summed E-state index contributed by atoms with van der Waals surface area (Å²) in [5, 5.41) is 10.9. The first-order chi connectivity index (χ1) is 8.81. The SMILES string of the molecule is O=CNC(Cc1ccc(SC(F)(F)F)cc1)C(=O)O. The number of alkyl halides is 3. The Morgan fingerprint density at radius 2 is 1.95 bits per heavy atom. The maximum absolute atomic E-state index is 12.1. The van der Waals surface area contributed by atoms with Gasteiger partial charge in [0.1, 0.15) is 6.04 Å². The lowest BCUT2D eigenvalue weighted by atomic mass is 10.1. The van der Waals surface area contributed by atoms with Crippen LogP contribution in [0, 0.1) is 0 Å². The van der Waals surface area contributed by atoms with Crippen molar-refractivity contribution < 1.29 is 27.9 Å². The Kier molecular flexibility index (Phi) is 5.22. The number of rotatable bonds is 6. The van der Waals surface area contributed by atoms with Crippen LogP contribution in [0.15, 0.2) is 29.2 Å². The van der Waals surface area contributed by atoms with E-state index in [1.807, 2.05) is 0 Å². The third-order valence-electron chi connectivity index (χ3n) is 2.16. The highest BCUT2D eigenvalue weighted by Crippen LogP contribution is 2.36. The molecule has 0 fully saturated rings. The molecule has 104 valence electrons. The number of halogens is 3. The van der Waals surface area contributed by atoms with Crippen LogP contribution >= 0.6 is 11.8 Å². The van der Waals surface area contributed by atoms with Gasteiger partial charge in [-0.15, -0.1) is 0 Å². The zero-order valence-electron chi connectivity index (χ0n) is 9.48. The van der Waals surface area contributed by atoms with Crippen LogP contribution in [0.4, 0.5) is 13.2 Å². The fraction of sp³-hybridized carbons (Fsp3) is 0.273. The Morgan fingerprint density at radius 1 is 1.37 bits per heavy atom. The van der Waals surface area contributed by atoms with Gasteiger partial charge in [0, 0.05) is 11.3 Å². The number of thioether (sulfide) groups is 1. The molecule has 1 aromatic rings. The molecule has 0 saturated carbocycles. The van der Waals surface area contributed by atoms with Crippen molar-refractivity contribution in [3.63, 3.8) is 0 Å². The van der Waals surface area contributed by atoms with Gasteiger partial charge in [-0.2, -0.15) is 13.2 Å². The van der Waals surface area contributed by atoms with Crippen molar-refractivity contribution in [2.45, 2.75) is 22.9 Å². The Hall–Kier alpha value is -1.70. The fourth-order valence-electron chi connectivity index (χ4n) is 1.36. The summed E-state index contributed by atoms with van der Waals surface area (Å²) in [4.78, 5) is 21.0. The summed E-state index contributed by atoms with van der Waals surface area (Å²) in [5.74, 6) is -1.21. The summed E-state index contributed by atoms with van der Waals surface area (Å²) >= 11 is -0.243. The topological polar surface area (TPSA) is 66.4 Å². The second-order valence-corrected chi connectivity index (χ2v) is 4.71. The van der Waals surface area contributed by atoms with E-state index in [0.29, 0.717) is 5.56 Å². The number of nitrogens with one attached hydrogen (secondary N) is 1. The van der Waals surface area contributed by atoms with Crippen LogP contribution in [0.3, 0.4) is 0 Å². The van der Waals surface area contributed by atoms with Crippen LogP contribution in [-0.4, -0.2) is 29.0 Å². The number of aliphatic carboxylic acids is 1. The highest BCUT2D eigenvalue weighted by Gasteiger charge is 2.29. The molecule has 1 aromatic carbocycles. The standard InChI is InChI=1S/C11H10F3NO3S/c12-11(13,14)19-8-3-1-7(2-4-8)5-9(10(17)18)15-6-16/h1-4,6,9H,5H2,(H,15,16)(H,17,18). The minimum absolute atomic E-state index is 0.00500. The fourth-order valence-corrected chi connectivity index (χ4v) is 1.90. The molecule has 0 aliphatic carbocycles. The molecular formula is C11H10F3NO3S. The number of benzene rings is 1. The summed E-state index contributed by atoms with van der Waals surface area (Å²) < 4.78 is 36.3. The average Bonchev–Trinajstić information content (AvgIpc) is 2.29. The third-order valence-corrected chi connectivity index (χ3v) is 2.90. The number of carboxylic acids is 1. The molecule has 0 aliphatic heterocycles. The quantitative estimate of drug-likeness (QED) is 0.622. The molecule has 1 unspecified atom stereocenters. The van der Waals surface area contributed by atoms with Gasteiger partial charge in [-0.1, -0.05) is 12.1 Å². The number of carbonyl (C=O) groups excluding carboxylic acids is 1. The van der Waals surface area contributed by atoms with Gasteiger partial charge in [0.15, 0.2) is 0 Å². The molecule has 0 heterocycles. The number of carboxylic acid groups (broad SMARTS) is 1. The van der Waals surface area contributed by atoms with E-state index < -0.39 is 17.5 Å². The zero-order chi connectivity index (χ0) is 14.5. The van der Waals surface area contributed by atoms with Gasteiger partial charge >= 0.3 is 11.5 Å². The van der Waals surface area contributed by atoms with Crippen molar-refractivity contribution in [1.82, 2.24) is 5.32 Å². The van der Waals surface area contributed by atoms with E-state index in [-0.39, 0.29) is 29.5 Å². The Morgan fingerprint density at radius 3 is 2.37 bits per heavy atom. The van der Waals surface area contributed by atoms with Crippen molar-refractivity contribution >= 4 is 24.1 Å². The van der Waals surface area contributed by atoms with Gasteiger partial charge in [-0.25, -0.2) is 4.79 Å². The van der Waals surface area contributed by atoms with Crippen LogP contribution in [0.5, 0.6) is 0 Å². The minimum Gasteiger partial charge on any atom is -0.480 e. The first-order valence-electron chi connectivity index (χ1n) is 5.09. The van der Waals surface area contributed by atoms with E-state index in [4.69, 9.17) is 5.11 Å². The van der Waals surface area contributed by atoms with Gasteiger partial charge in [0.25, 0.3) is 0 Å². The number of amides is 1. The van der Waals surface area contributed by atoms with Crippen LogP contribution < -0.4 is 5.32 Å². The molecule has 2 N–H and O–H groups in total. The lowest BCUT2D eigenvalue weighted by Crippen LogP contribution is -2.37. The predicted molar refractivity (Wildman–Crippen MR) is 62.7 cm³/mol. The second-order valence-electron chi connectivity index (χ2n) is 3.57. The van der Waals surface area contributed by atoms with Crippen molar-refractivity contribution in [2.75, 3.05) is 0 Å². The van der Waals surface area contributed by atoms with Crippen molar-refractivity contribution in [3.8, 4) is 0 Å². The Balaban J connectivity index is 2.70. The smallest absolute Gasteiger partial charge is 0.446 e. The molecule has 4 nitrogen and oxygen atoms in total. The lowest BCUT2D eigenvalue weighted by molar-refractivity contribution is -0.140.